The number of thiazole rings is 1. The van der Waals surface area contributed by atoms with Crippen molar-refractivity contribution < 1.29 is 9.53 Å². The Bertz CT molecular complexity index is 1140. The number of hydrogen-bond acceptors (Lipinski definition) is 8. The summed E-state index contributed by atoms with van der Waals surface area (Å²) in [7, 11) is 0. The summed E-state index contributed by atoms with van der Waals surface area (Å²) >= 11 is 2.94. The number of esters is 1. The highest BCUT2D eigenvalue weighted by Crippen LogP contribution is 2.27. The average Bonchev–Trinajstić information content (AvgIpc) is 3.30. The maximum atomic E-state index is 12.5. The van der Waals surface area contributed by atoms with Crippen LogP contribution in [-0.2, 0) is 34.8 Å². The van der Waals surface area contributed by atoms with Gasteiger partial charge < -0.3 is 9.30 Å². The number of carbonyl (C=O) groups excluding carboxylic acids is 1. The van der Waals surface area contributed by atoms with Crippen molar-refractivity contribution in [1.29, 1.82) is 0 Å². The monoisotopic (exact) mass is 451 g/mol. The van der Waals surface area contributed by atoms with Gasteiger partial charge in [0.1, 0.15) is 5.82 Å². The molecule has 3 rings (SSSR count). The number of aromatic amines is 1. The molecule has 0 spiro atoms. The molecule has 30 heavy (non-hydrogen) atoms. The van der Waals surface area contributed by atoms with Crippen LogP contribution in [0.5, 0.6) is 0 Å². The second kappa shape index (κ2) is 10.1. The number of thioether (sulfide) groups is 1. The summed E-state index contributed by atoms with van der Waals surface area (Å²) in [5.41, 5.74) is 0.682. The maximum absolute atomic E-state index is 12.5. The maximum Gasteiger partial charge on any atom is 0.330 e. The summed E-state index contributed by atoms with van der Waals surface area (Å²) in [5, 5.41) is 1.84. The normalized spacial score (nSPS) is 11.3. The quantitative estimate of drug-likeness (QED) is 0.372. The van der Waals surface area contributed by atoms with E-state index in [1.54, 1.807) is 11.5 Å². The van der Waals surface area contributed by atoms with Crippen molar-refractivity contribution >= 4 is 40.2 Å². The lowest BCUT2D eigenvalue weighted by Gasteiger charge is -2.06. The minimum atomic E-state index is -0.426. The molecule has 0 saturated heterocycles. The smallest absolute Gasteiger partial charge is 0.330 e. The predicted octanol–water partition coefficient (Wildman–Crippen LogP) is 2.56. The van der Waals surface area contributed by atoms with Gasteiger partial charge in [0.15, 0.2) is 15.5 Å². The lowest BCUT2D eigenvalue weighted by molar-refractivity contribution is -0.142. The predicted molar refractivity (Wildman–Crippen MR) is 117 cm³/mol. The highest BCUT2D eigenvalue weighted by atomic mass is 32.2. The zero-order chi connectivity index (χ0) is 21.7. The van der Waals surface area contributed by atoms with Gasteiger partial charge in [0.05, 0.1) is 24.5 Å². The molecule has 0 aromatic carbocycles. The number of nitrogens with one attached hydrogen (secondary N) is 1. The Morgan fingerprint density at radius 3 is 2.73 bits per heavy atom. The lowest BCUT2D eigenvalue weighted by Crippen LogP contribution is -2.31. The number of H-pyrrole nitrogens is 1. The van der Waals surface area contributed by atoms with E-state index in [0.717, 1.165) is 17.2 Å². The highest BCUT2D eigenvalue weighted by molar-refractivity contribution is 8.00. The molecule has 0 aliphatic heterocycles. The number of nitrogens with zero attached hydrogens (tertiary/aromatic N) is 4. The van der Waals surface area contributed by atoms with E-state index in [4.69, 9.17) is 4.74 Å². The van der Waals surface area contributed by atoms with E-state index in [1.807, 2.05) is 23.8 Å². The van der Waals surface area contributed by atoms with Crippen molar-refractivity contribution in [2.24, 2.45) is 0 Å². The second-order valence-electron chi connectivity index (χ2n) is 6.58. The zero-order valence-electron chi connectivity index (χ0n) is 17.3. The standard InChI is InChI=1S/C19H25N5O4S2/c1-4-7-8-24-16-15(17(26)22-18(24)27)23(5-2)13(21-16)11-30-19-20-12(10-29-19)9-14(25)28-6-3/h10H,4-9,11H2,1-3H3,(H,22,26,27). The summed E-state index contributed by atoms with van der Waals surface area (Å²) in [6.07, 6.45) is 1.91. The topological polar surface area (TPSA) is 112 Å². The molecule has 0 radical (unpaired) electrons. The van der Waals surface area contributed by atoms with E-state index in [-0.39, 0.29) is 12.4 Å². The molecule has 0 bridgehead atoms. The number of aryl methyl sites for hydroxylation is 2. The lowest BCUT2D eigenvalue weighted by atomic mass is 10.3. The van der Waals surface area contributed by atoms with E-state index in [9.17, 15) is 14.4 Å². The molecule has 3 heterocycles. The Balaban J connectivity index is 1.85. The highest BCUT2D eigenvalue weighted by Gasteiger charge is 2.18. The first-order chi connectivity index (χ1) is 14.5. The van der Waals surface area contributed by atoms with E-state index in [1.165, 1.54) is 23.1 Å². The third-order valence-corrected chi connectivity index (χ3v) is 6.57. The molecular formula is C19H25N5O4S2. The molecule has 11 heteroatoms. The summed E-state index contributed by atoms with van der Waals surface area (Å²) in [5.74, 6) is 0.911. The van der Waals surface area contributed by atoms with Gasteiger partial charge in [-0.3, -0.25) is 19.1 Å². The Kier molecular flexibility index (Phi) is 7.48. The van der Waals surface area contributed by atoms with Crippen LogP contribution in [0.4, 0.5) is 0 Å². The first-order valence-electron chi connectivity index (χ1n) is 9.93. The fourth-order valence-electron chi connectivity index (χ4n) is 3.11. The number of hydrogen-bond donors (Lipinski definition) is 1. The zero-order valence-corrected chi connectivity index (χ0v) is 18.9. The summed E-state index contributed by atoms with van der Waals surface area (Å²) in [6.45, 7) is 7.18. The summed E-state index contributed by atoms with van der Waals surface area (Å²) < 4.78 is 9.15. The molecule has 0 aliphatic carbocycles. The van der Waals surface area contributed by atoms with Gasteiger partial charge in [0, 0.05) is 18.5 Å². The average molecular weight is 452 g/mol. The van der Waals surface area contributed by atoms with Gasteiger partial charge in [0.2, 0.25) is 0 Å². The second-order valence-corrected chi connectivity index (χ2v) is 8.66. The molecule has 162 valence electrons. The summed E-state index contributed by atoms with van der Waals surface area (Å²) in [4.78, 5) is 47.9. The number of unbranched alkanes of at least 4 members (excludes halogenated alkanes) is 1. The number of ether oxygens (including phenoxy) is 1. The molecule has 0 amide bonds. The molecule has 0 atom stereocenters. The molecule has 1 N–H and O–H groups in total. The van der Waals surface area contributed by atoms with Gasteiger partial charge in [-0.2, -0.15) is 0 Å². The van der Waals surface area contributed by atoms with Gasteiger partial charge in [-0.15, -0.1) is 11.3 Å². The van der Waals surface area contributed by atoms with Crippen molar-refractivity contribution in [2.75, 3.05) is 6.61 Å². The number of carbonyl (C=O) groups is 1. The molecule has 3 aromatic rings. The van der Waals surface area contributed by atoms with Crippen LogP contribution in [0.15, 0.2) is 19.3 Å². The first kappa shape index (κ1) is 22.3. The number of rotatable bonds is 10. The van der Waals surface area contributed by atoms with Gasteiger partial charge in [-0.25, -0.2) is 14.8 Å². The van der Waals surface area contributed by atoms with Crippen LogP contribution in [0, 0.1) is 0 Å². The molecule has 3 aromatic heterocycles. The number of fused-ring (bicyclic) bond motifs is 1. The molecule has 0 fully saturated rings. The van der Waals surface area contributed by atoms with E-state index >= 15 is 0 Å². The van der Waals surface area contributed by atoms with Gasteiger partial charge in [-0.1, -0.05) is 25.1 Å². The molecule has 0 aliphatic rings. The fourth-order valence-corrected chi connectivity index (χ4v) is 4.91. The van der Waals surface area contributed by atoms with Crippen LogP contribution in [0.1, 0.15) is 45.1 Å². The Labute approximate surface area is 181 Å². The van der Waals surface area contributed by atoms with Crippen LogP contribution < -0.4 is 11.2 Å². The van der Waals surface area contributed by atoms with E-state index in [2.05, 4.69) is 15.0 Å². The van der Waals surface area contributed by atoms with E-state index in [0.29, 0.717) is 48.1 Å². The SMILES string of the molecule is CCCCn1c(=O)[nH]c(=O)c2c1nc(CSc1nc(CC(=O)OCC)cs1)n2CC. The molecule has 9 nitrogen and oxygen atoms in total. The van der Waals surface area contributed by atoms with E-state index < -0.39 is 11.2 Å². The first-order valence-corrected chi connectivity index (χ1v) is 11.8. The Morgan fingerprint density at radius 2 is 2.03 bits per heavy atom. The van der Waals surface area contributed by atoms with Crippen molar-refractivity contribution in [1.82, 2.24) is 24.1 Å². The van der Waals surface area contributed by atoms with Crippen LogP contribution in [0.25, 0.3) is 11.2 Å². The minimum Gasteiger partial charge on any atom is -0.466 e. The fraction of sp³-hybridized carbons (Fsp3) is 0.526. The van der Waals surface area contributed by atoms with Crippen LogP contribution >= 0.6 is 23.1 Å². The van der Waals surface area contributed by atoms with Crippen molar-refractivity contribution in [3.8, 4) is 0 Å². The van der Waals surface area contributed by atoms with Gasteiger partial charge in [0.25, 0.3) is 5.56 Å². The van der Waals surface area contributed by atoms with Crippen molar-refractivity contribution in [3.63, 3.8) is 0 Å². The Hall–Kier alpha value is -2.40. The van der Waals surface area contributed by atoms with Crippen LogP contribution in [0.2, 0.25) is 0 Å². The summed E-state index contributed by atoms with van der Waals surface area (Å²) in [6, 6.07) is 0. The van der Waals surface area contributed by atoms with Crippen molar-refractivity contribution in [2.45, 2.75) is 63.2 Å². The molecule has 0 unspecified atom stereocenters. The van der Waals surface area contributed by atoms with Crippen molar-refractivity contribution in [3.05, 3.63) is 37.7 Å². The van der Waals surface area contributed by atoms with Crippen LogP contribution in [-0.4, -0.2) is 36.7 Å². The Morgan fingerprint density at radius 1 is 1.23 bits per heavy atom. The molecular weight excluding hydrogens is 426 g/mol. The number of imidazole rings is 1. The van der Waals surface area contributed by atoms with Gasteiger partial charge in [-0.05, 0) is 20.3 Å². The van der Waals surface area contributed by atoms with Crippen LogP contribution in [0.3, 0.4) is 0 Å². The third kappa shape index (κ3) is 4.84. The number of aromatic nitrogens is 5. The van der Waals surface area contributed by atoms with Gasteiger partial charge >= 0.3 is 11.7 Å². The largest absolute Gasteiger partial charge is 0.466 e. The third-order valence-electron chi connectivity index (χ3n) is 4.50. The minimum absolute atomic E-state index is 0.150. The molecule has 0 saturated carbocycles.